The van der Waals surface area contributed by atoms with Crippen LogP contribution in [0.1, 0.15) is 22.7 Å². The van der Waals surface area contributed by atoms with Crippen molar-refractivity contribution in [3.05, 3.63) is 106 Å². The minimum Gasteiger partial charge on any atom is -0.425 e. The quantitative estimate of drug-likeness (QED) is 0.225. The van der Waals surface area contributed by atoms with Crippen molar-refractivity contribution in [2.24, 2.45) is 0 Å². The molecule has 186 valence electrons. The molecule has 0 fully saturated rings. The van der Waals surface area contributed by atoms with Crippen molar-refractivity contribution in [3.63, 3.8) is 0 Å². The van der Waals surface area contributed by atoms with Gasteiger partial charge in [-0.05, 0) is 36.8 Å². The van der Waals surface area contributed by atoms with E-state index in [9.17, 15) is 31.2 Å². The normalized spacial score (nSPS) is 12.9. The zero-order valence-corrected chi connectivity index (χ0v) is 19.4. The summed E-state index contributed by atoms with van der Waals surface area (Å²) in [6.45, 7) is 1.79. The molecule has 11 heteroatoms. The van der Waals surface area contributed by atoms with Crippen LogP contribution in [0.4, 0.5) is 13.2 Å². The van der Waals surface area contributed by atoms with Gasteiger partial charge in [-0.3, -0.25) is 0 Å². The lowest BCUT2D eigenvalue weighted by molar-refractivity contribution is -0.137. The van der Waals surface area contributed by atoms with E-state index in [0.29, 0.717) is 6.07 Å². The van der Waals surface area contributed by atoms with Crippen molar-refractivity contribution in [2.45, 2.75) is 24.0 Å². The number of nitrogens with one attached hydrogen (secondary N) is 1. The summed E-state index contributed by atoms with van der Waals surface area (Å²) in [6, 6.07) is 15.7. The van der Waals surface area contributed by atoms with Crippen LogP contribution < -0.4 is 15.1 Å². The summed E-state index contributed by atoms with van der Waals surface area (Å²) in [4.78, 5) is 24.6. The van der Waals surface area contributed by atoms with Gasteiger partial charge >= 0.3 is 17.8 Å². The molecule has 0 amide bonds. The number of alkyl halides is 3. The van der Waals surface area contributed by atoms with Crippen LogP contribution in [0, 0.1) is 6.92 Å². The Kier molecular flexibility index (Phi) is 6.70. The number of ether oxygens (including phenoxy) is 1. The summed E-state index contributed by atoms with van der Waals surface area (Å²) in [5, 5.41) is -0.401. The first kappa shape index (κ1) is 25.1. The molecule has 7 nitrogen and oxygen atoms in total. The summed E-state index contributed by atoms with van der Waals surface area (Å²) >= 11 is 0. The number of halogens is 3. The van der Waals surface area contributed by atoms with Gasteiger partial charge in [0.15, 0.2) is 0 Å². The van der Waals surface area contributed by atoms with Crippen LogP contribution in [0.5, 0.6) is 5.75 Å². The fourth-order valence-electron chi connectivity index (χ4n) is 3.45. The molecule has 4 rings (SSSR count). The summed E-state index contributed by atoms with van der Waals surface area (Å²) in [6.07, 6.45) is -4.81. The predicted octanol–water partition coefficient (Wildman–Crippen LogP) is 4.75. The molecule has 1 N–H and O–H groups in total. The molecule has 0 aliphatic heterocycles. The molecule has 1 aromatic heterocycles. The zero-order valence-electron chi connectivity index (χ0n) is 18.6. The maximum Gasteiger partial charge on any atom is 0.417 e. The molecule has 0 radical (unpaired) electrons. The zero-order chi connectivity index (χ0) is 26.1. The average Bonchev–Trinajstić information content (AvgIpc) is 2.82. The molecule has 4 aromatic rings. The van der Waals surface area contributed by atoms with E-state index in [1.54, 1.807) is 37.3 Å². The van der Waals surface area contributed by atoms with Gasteiger partial charge in [0.2, 0.25) is 10.0 Å². The van der Waals surface area contributed by atoms with E-state index in [2.05, 4.69) is 4.72 Å². The van der Waals surface area contributed by atoms with E-state index in [1.807, 2.05) is 0 Å². The van der Waals surface area contributed by atoms with Gasteiger partial charge < -0.3 is 9.15 Å². The predicted molar refractivity (Wildman–Crippen MR) is 124 cm³/mol. The number of benzene rings is 3. The molecular formula is C25H18F3NO6S. The third kappa shape index (κ3) is 5.47. The number of fused-ring (bicyclic) bond motifs is 1. The summed E-state index contributed by atoms with van der Waals surface area (Å²) < 4.78 is 78.2. The SMILES string of the molecule is Cc1ccc(S(=O)(=O)NC(C(=O)Oc2ccc3c(C(F)(F)F)cc(=O)oc3c2)c2ccccc2)cc1. The Bertz CT molecular complexity index is 1580. The number of esters is 1. The Labute approximate surface area is 203 Å². The lowest BCUT2D eigenvalue weighted by Gasteiger charge is -2.18. The van der Waals surface area contributed by atoms with Gasteiger partial charge in [0, 0.05) is 17.5 Å². The lowest BCUT2D eigenvalue weighted by atomic mass is 10.1. The van der Waals surface area contributed by atoms with Crippen LogP contribution in [-0.4, -0.2) is 14.4 Å². The minimum absolute atomic E-state index is 0.0750. The van der Waals surface area contributed by atoms with Gasteiger partial charge in [-0.1, -0.05) is 48.0 Å². The van der Waals surface area contributed by atoms with E-state index in [1.165, 1.54) is 24.3 Å². The average molecular weight is 517 g/mol. The van der Waals surface area contributed by atoms with Crippen LogP contribution in [-0.2, 0) is 21.0 Å². The summed E-state index contributed by atoms with van der Waals surface area (Å²) in [5.41, 5.74) is -1.77. The number of carbonyl (C=O) groups is 1. The van der Waals surface area contributed by atoms with Crippen LogP contribution in [0.3, 0.4) is 0 Å². The fourth-order valence-corrected chi connectivity index (χ4v) is 4.63. The van der Waals surface area contributed by atoms with Gasteiger partial charge in [-0.25, -0.2) is 18.0 Å². The Balaban J connectivity index is 1.68. The molecule has 0 spiro atoms. The topological polar surface area (TPSA) is 103 Å². The smallest absolute Gasteiger partial charge is 0.417 e. The van der Waals surface area contributed by atoms with Crippen LogP contribution in [0.15, 0.2) is 93.0 Å². The first-order valence-electron chi connectivity index (χ1n) is 10.4. The maximum absolute atomic E-state index is 13.3. The van der Waals surface area contributed by atoms with E-state index < -0.39 is 50.4 Å². The monoisotopic (exact) mass is 517 g/mol. The highest BCUT2D eigenvalue weighted by Crippen LogP contribution is 2.35. The molecule has 36 heavy (non-hydrogen) atoms. The highest BCUT2D eigenvalue weighted by atomic mass is 32.2. The lowest BCUT2D eigenvalue weighted by Crippen LogP contribution is -2.36. The number of sulfonamides is 1. The Morgan fingerprint density at radius 2 is 1.64 bits per heavy atom. The van der Waals surface area contributed by atoms with E-state index >= 15 is 0 Å². The van der Waals surface area contributed by atoms with Crippen LogP contribution in [0.2, 0.25) is 0 Å². The standard InChI is InChI=1S/C25H18F3NO6S/c1-15-7-10-18(11-8-15)36(32,33)29-23(16-5-3-2-4-6-16)24(31)34-17-9-12-19-20(25(26,27)28)14-22(30)35-21(19)13-17/h2-14,23,29H,1H3. The van der Waals surface area contributed by atoms with E-state index in [-0.39, 0.29) is 16.2 Å². The number of aryl methyl sites for hydroxylation is 1. The second-order valence-corrected chi connectivity index (χ2v) is 9.55. The Morgan fingerprint density at radius 3 is 2.28 bits per heavy atom. The first-order valence-corrected chi connectivity index (χ1v) is 11.9. The van der Waals surface area contributed by atoms with Gasteiger partial charge in [0.1, 0.15) is 17.4 Å². The second kappa shape index (κ2) is 9.59. The van der Waals surface area contributed by atoms with Crippen molar-refractivity contribution in [2.75, 3.05) is 0 Å². The highest BCUT2D eigenvalue weighted by molar-refractivity contribution is 7.89. The minimum atomic E-state index is -4.81. The molecule has 1 unspecified atom stereocenters. The van der Waals surface area contributed by atoms with Gasteiger partial charge in [0.05, 0.1) is 10.5 Å². The Hall–Kier alpha value is -3.96. The van der Waals surface area contributed by atoms with Gasteiger partial charge in [0.25, 0.3) is 0 Å². The third-order valence-electron chi connectivity index (χ3n) is 5.21. The van der Waals surface area contributed by atoms with Crippen molar-refractivity contribution in [3.8, 4) is 5.75 Å². The van der Waals surface area contributed by atoms with Crippen molar-refractivity contribution < 1.29 is 35.5 Å². The van der Waals surface area contributed by atoms with E-state index in [4.69, 9.17) is 9.15 Å². The number of hydrogen-bond acceptors (Lipinski definition) is 6. The van der Waals surface area contributed by atoms with Crippen molar-refractivity contribution in [1.29, 1.82) is 0 Å². The second-order valence-electron chi connectivity index (χ2n) is 7.83. The van der Waals surface area contributed by atoms with Crippen molar-refractivity contribution in [1.82, 2.24) is 4.72 Å². The highest BCUT2D eigenvalue weighted by Gasteiger charge is 2.34. The molecule has 3 aromatic carbocycles. The summed E-state index contributed by atoms with van der Waals surface area (Å²) in [5.74, 6) is -1.30. The van der Waals surface area contributed by atoms with Crippen LogP contribution in [0.25, 0.3) is 11.0 Å². The largest absolute Gasteiger partial charge is 0.425 e. The number of carbonyl (C=O) groups excluding carboxylic acids is 1. The molecule has 1 heterocycles. The van der Waals surface area contributed by atoms with Gasteiger partial charge in [-0.2, -0.15) is 17.9 Å². The number of hydrogen-bond donors (Lipinski definition) is 1. The molecule has 0 bridgehead atoms. The first-order chi connectivity index (χ1) is 16.9. The molecule has 1 atom stereocenters. The van der Waals surface area contributed by atoms with E-state index in [0.717, 1.165) is 23.8 Å². The fraction of sp³-hybridized carbons (Fsp3) is 0.120. The summed E-state index contributed by atoms with van der Waals surface area (Å²) in [7, 11) is -4.16. The molecule has 0 aliphatic carbocycles. The molecule has 0 aliphatic rings. The number of rotatable bonds is 6. The van der Waals surface area contributed by atoms with Gasteiger partial charge in [-0.15, -0.1) is 0 Å². The maximum atomic E-state index is 13.3. The molecule has 0 saturated heterocycles. The van der Waals surface area contributed by atoms with Crippen molar-refractivity contribution >= 4 is 27.0 Å². The Morgan fingerprint density at radius 1 is 0.972 bits per heavy atom. The molecular weight excluding hydrogens is 499 g/mol. The van der Waals surface area contributed by atoms with Crippen LogP contribution >= 0.6 is 0 Å². The molecule has 0 saturated carbocycles. The third-order valence-corrected chi connectivity index (χ3v) is 6.65.